The fourth-order valence-corrected chi connectivity index (χ4v) is 3.71. The number of nitriles is 1. The van der Waals surface area contributed by atoms with E-state index in [0.29, 0.717) is 18.2 Å². The van der Waals surface area contributed by atoms with E-state index >= 15 is 0 Å². The lowest BCUT2D eigenvalue weighted by Gasteiger charge is -2.32. The summed E-state index contributed by atoms with van der Waals surface area (Å²) in [5.41, 5.74) is 3.17. The molecule has 164 valence electrons. The minimum absolute atomic E-state index is 0.376. The average molecular weight is 420 g/mol. The second kappa shape index (κ2) is 12.7. The normalized spacial score (nSPS) is 15.4. The molecule has 2 N–H and O–H groups in total. The Bertz CT molecular complexity index is 836. The Labute approximate surface area is 185 Å². The highest BCUT2D eigenvalue weighted by molar-refractivity contribution is 5.79. The van der Waals surface area contributed by atoms with Crippen molar-refractivity contribution < 1.29 is 4.74 Å². The van der Waals surface area contributed by atoms with Gasteiger partial charge in [-0.3, -0.25) is 9.89 Å². The molecule has 6 heteroatoms. The topological polar surface area (TPSA) is 72.7 Å². The zero-order valence-electron chi connectivity index (χ0n) is 18.4. The molecule has 0 aliphatic carbocycles. The Morgan fingerprint density at radius 2 is 1.81 bits per heavy atom. The monoisotopic (exact) mass is 419 g/mol. The van der Waals surface area contributed by atoms with Crippen LogP contribution in [0.15, 0.2) is 59.6 Å². The summed E-state index contributed by atoms with van der Waals surface area (Å²) >= 11 is 0. The van der Waals surface area contributed by atoms with Crippen molar-refractivity contribution in [1.29, 1.82) is 5.26 Å². The van der Waals surface area contributed by atoms with E-state index in [9.17, 15) is 0 Å². The van der Waals surface area contributed by atoms with Gasteiger partial charge in [0.25, 0.3) is 0 Å². The molecule has 0 spiro atoms. The number of rotatable bonds is 9. The van der Waals surface area contributed by atoms with Gasteiger partial charge >= 0.3 is 0 Å². The fraction of sp³-hybridized carbons (Fsp3) is 0.440. The van der Waals surface area contributed by atoms with Crippen molar-refractivity contribution >= 4 is 5.96 Å². The molecule has 0 saturated carbocycles. The molecule has 6 nitrogen and oxygen atoms in total. The molecule has 0 aromatic heterocycles. The first-order valence-electron chi connectivity index (χ1n) is 11.1. The van der Waals surface area contributed by atoms with Crippen LogP contribution in [0.4, 0.5) is 0 Å². The van der Waals surface area contributed by atoms with Crippen molar-refractivity contribution in [3.8, 4) is 6.07 Å². The molecule has 0 radical (unpaired) electrons. The number of hydrogen-bond acceptors (Lipinski definition) is 4. The fourth-order valence-electron chi connectivity index (χ4n) is 3.71. The Hall–Kier alpha value is -2.88. The van der Waals surface area contributed by atoms with E-state index in [1.54, 1.807) is 7.05 Å². The Morgan fingerprint density at radius 1 is 1.06 bits per heavy atom. The van der Waals surface area contributed by atoms with Crippen LogP contribution >= 0.6 is 0 Å². The van der Waals surface area contributed by atoms with E-state index in [1.807, 2.05) is 24.3 Å². The molecule has 0 bridgehead atoms. The van der Waals surface area contributed by atoms with E-state index in [1.165, 1.54) is 5.56 Å². The highest BCUT2D eigenvalue weighted by atomic mass is 16.5. The van der Waals surface area contributed by atoms with Gasteiger partial charge in [-0.2, -0.15) is 5.26 Å². The molecule has 0 unspecified atom stereocenters. The largest absolute Gasteiger partial charge is 0.378 e. The lowest BCUT2D eigenvalue weighted by Crippen LogP contribution is -2.38. The summed E-state index contributed by atoms with van der Waals surface area (Å²) in [6.07, 6.45) is 3.53. The molecule has 2 aromatic rings. The summed E-state index contributed by atoms with van der Waals surface area (Å²) < 4.78 is 6.09. The van der Waals surface area contributed by atoms with Gasteiger partial charge in [0.15, 0.2) is 5.96 Å². The lowest BCUT2D eigenvalue weighted by molar-refractivity contribution is 0.00534. The number of benzene rings is 2. The van der Waals surface area contributed by atoms with Crippen LogP contribution in [-0.4, -0.2) is 50.3 Å². The summed E-state index contributed by atoms with van der Waals surface area (Å²) in [7, 11) is 1.77. The Morgan fingerprint density at radius 3 is 2.48 bits per heavy atom. The number of nitrogens with one attached hydrogen (secondary N) is 2. The third-order valence-corrected chi connectivity index (χ3v) is 5.52. The van der Waals surface area contributed by atoms with Crippen molar-refractivity contribution in [2.45, 2.75) is 38.5 Å². The zero-order valence-corrected chi connectivity index (χ0v) is 18.4. The number of ether oxygens (including phenoxy) is 1. The van der Waals surface area contributed by atoms with Gasteiger partial charge < -0.3 is 15.4 Å². The maximum absolute atomic E-state index is 8.87. The predicted octanol–water partition coefficient (Wildman–Crippen LogP) is 3.29. The van der Waals surface area contributed by atoms with Crippen LogP contribution in [0, 0.1) is 11.3 Å². The van der Waals surface area contributed by atoms with Crippen molar-refractivity contribution in [1.82, 2.24) is 15.5 Å². The van der Waals surface area contributed by atoms with E-state index < -0.39 is 0 Å². The van der Waals surface area contributed by atoms with Gasteiger partial charge in [-0.15, -0.1) is 0 Å². The number of aliphatic imine (C=N–C) groups is 1. The van der Waals surface area contributed by atoms with Crippen LogP contribution in [0.2, 0.25) is 0 Å². The van der Waals surface area contributed by atoms with Gasteiger partial charge in [0.2, 0.25) is 0 Å². The number of hydrogen-bond donors (Lipinski definition) is 2. The van der Waals surface area contributed by atoms with Crippen molar-refractivity contribution in [3.05, 3.63) is 71.3 Å². The Kier molecular flexibility index (Phi) is 9.36. The van der Waals surface area contributed by atoms with Crippen molar-refractivity contribution in [3.63, 3.8) is 0 Å². The molecular weight excluding hydrogens is 386 g/mol. The maximum atomic E-state index is 8.87. The van der Waals surface area contributed by atoms with Crippen LogP contribution < -0.4 is 10.6 Å². The molecule has 0 atom stereocenters. The molecule has 2 aromatic carbocycles. The molecule has 1 fully saturated rings. The van der Waals surface area contributed by atoms with Crippen LogP contribution in [0.5, 0.6) is 0 Å². The van der Waals surface area contributed by atoms with Crippen molar-refractivity contribution in [2.75, 3.05) is 33.3 Å². The summed E-state index contributed by atoms with van der Waals surface area (Å²) in [6.45, 7) is 5.49. The molecule has 31 heavy (non-hydrogen) atoms. The highest BCUT2D eigenvalue weighted by Crippen LogP contribution is 2.16. The summed E-state index contributed by atoms with van der Waals surface area (Å²) in [5.74, 6) is 0.776. The number of piperidine rings is 1. The van der Waals surface area contributed by atoms with Crippen LogP contribution in [0.1, 0.15) is 36.0 Å². The summed E-state index contributed by atoms with van der Waals surface area (Å²) in [4.78, 5) is 6.78. The van der Waals surface area contributed by atoms with Gasteiger partial charge in [0.05, 0.1) is 17.7 Å². The van der Waals surface area contributed by atoms with Gasteiger partial charge in [-0.05, 0) is 42.5 Å². The van der Waals surface area contributed by atoms with Crippen LogP contribution in [-0.2, 0) is 17.8 Å². The van der Waals surface area contributed by atoms with E-state index in [0.717, 1.165) is 63.6 Å². The predicted molar refractivity (Wildman–Crippen MR) is 125 cm³/mol. The maximum Gasteiger partial charge on any atom is 0.191 e. The number of likely N-dealkylation sites (tertiary alicyclic amines) is 1. The smallest absolute Gasteiger partial charge is 0.191 e. The SMILES string of the molecule is CN=C(NCCCOC1CCN(Cc2ccccc2)CC1)NCc1ccc(C#N)cc1. The number of guanidine groups is 1. The van der Waals surface area contributed by atoms with Crippen LogP contribution in [0.3, 0.4) is 0 Å². The molecular formula is C25H33N5O. The lowest BCUT2D eigenvalue weighted by atomic mass is 10.1. The Balaban J connectivity index is 1.24. The second-order valence-corrected chi connectivity index (χ2v) is 7.85. The molecule has 1 heterocycles. The molecule has 1 aliphatic heterocycles. The first kappa shape index (κ1) is 22.8. The van der Waals surface area contributed by atoms with Crippen LogP contribution in [0.25, 0.3) is 0 Å². The first-order valence-corrected chi connectivity index (χ1v) is 11.1. The van der Waals surface area contributed by atoms with Gasteiger partial charge in [0, 0.05) is 46.4 Å². The highest BCUT2D eigenvalue weighted by Gasteiger charge is 2.19. The molecule has 3 rings (SSSR count). The zero-order chi connectivity index (χ0) is 21.7. The second-order valence-electron chi connectivity index (χ2n) is 7.85. The summed E-state index contributed by atoms with van der Waals surface area (Å²) in [5, 5.41) is 15.5. The quantitative estimate of drug-likeness (QED) is 0.371. The van der Waals surface area contributed by atoms with Gasteiger partial charge in [-0.25, -0.2) is 0 Å². The third kappa shape index (κ3) is 8.05. The minimum Gasteiger partial charge on any atom is -0.378 e. The first-order chi connectivity index (χ1) is 15.3. The van der Waals surface area contributed by atoms with E-state index in [4.69, 9.17) is 10.00 Å². The summed E-state index contributed by atoms with van der Waals surface area (Å²) in [6, 6.07) is 20.4. The average Bonchev–Trinajstić information content (AvgIpc) is 2.83. The van der Waals surface area contributed by atoms with E-state index in [-0.39, 0.29) is 0 Å². The standard InChI is InChI=1S/C25H33N5O/c1-27-25(29-19-22-10-8-21(18-26)9-11-22)28-14-5-17-31-24-12-15-30(16-13-24)20-23-6-3-2-4-7-23/h2-4,6-11,24H,5,12-17,19-20H2,1H3,(H2,27,28,29). The minimum atomic E-state index is 0.376. The third-order valence-electron chi connectivity index (χ3n) is 5.52. The number of nitrogens with zero attached hydrogens (tertiary/aromatic N) is 3. The van der Waals surface area contributed by atoms with E-state index in [2.05, 4.69) is 56.9 Å². The molecule has 1 aliphatic rings. The van der Waals surface area contributed by atoms with Gasteiger partial charge in [0.1, 0.15) is 0 Å². The van der Waals surface area contributed by atoms with Crippen molar-refractivity contribution in [2.24, 2.45) is 4.99 Å². The molecule has 1 saturated heterocycles. The molecule has 0 amide bonds. The van der Waals surface area contributed by atoms with Gasteiger partial charge in [-0.1, -0.05) is 42.5 Å².